The second kappa shape index (κ2) is 9.22. The van der Waals surface area contributed by atoms with Crippen LogP contribution in [0.15, 0.2) is 36.7 Å². The first-order valence-electron chi connectivity index (χ1n) is 10.2. The molecule has 9 heteroatoms. The van der Waals surface area contributed by atoms with Crippen LogP contribution in [-0.2, 0) is 11.2 Å². The molecule has 1 atom stereocenters. The van der Waals surface area contributed by atoms with E-state index in [1.807, 2.05) is 20.0 Å². The van der Waals surface area contributed by atoms with Gasteiger partial charge < -0.3 is 15.0 Å². The number of nitrogens with one attached hydrogen (secondary N) is 2. The third-order valence-electron chi connectivity index (χ3n) is 5.49. The van der Waals surface area contributed by atoms with Gasteiger partial charge >= 0.3 is 0 Å². The number of hydrogen-bond acceptors (Lipinski definition) is 6. The van der Waals surface area contributed by atoms with Crippen molar-refractivity contribution < 1.29 is 13.9 Å². The Morgan fingerprint density at radius 2 is 2.10 bits per heavy atom. The Morgan fingerprint density at radius 1 is 1.29 bits per heavy atom. The molecule has 2 N–H and O–H groups in total. The van der Waals surface area contributed by atoms with E-state index in [0.29, 0.717) is 32.1 Å². The largest absolute Gasteiger partial charge is 0.377 e. The fourth-order valence-electron chi connectivity index (χ4n) is 3.57. The molecule has 0 bridgehead atoms. The van der Waals surface area contributed by atoms with Crippen LogP contribution in [0.3, 0.4) is 0 Å². The number of halogens is 1. The summed E-state index contributed by atoms with van der Waals surface area (Å²) in [5, 5.41) is 10.1. The quantitative estimate of drug-likeness (QED) is 0.632. The van der Waals surface area contributed by atoms with E-state index < -0.39 is 0 Å². The SMILES string of the molecule is Cc1nc(C(=O)N2CCOCC2c2ccc(F)cc2)nc(NCCc2cn[nH]c2)c1C. The van der Waals surface area contributed by atoms with Crippen LogP contribution in [0, 0.1) is 19.7 Å². The van der Waals surface area contributed by atoms with Crippen LogP contribution in [-0.4, -0.2) is 57.3 Å². The maximum absolute atomic E-state index is 13.4. The van der Waals surface area contributed by atoms with Crippen LogP contribution in [0.25, 0.3) is 0 Å². The van der Waals surface area contributed by atoms with Crippen molar-refractivity contribution in [2.24, 2.45) is 0 Å². The van der Waals surface area contributed by atoms with Crippen molar-refractivity contribution in [3.63, 3.8) is 0 Å². The second-order valence-electron chi connectivity index (χ2n) is 7.53. The van der Waals surface area contributed by atoms with Crippen LogP contribution < -0.4 is 5.32 Å². The smallest absolute Gasteiger partial charge is 0.292 e. The predicted molar refractivity (Wildman–Crippen MR) is 113 cm³/mol. The van der Waals surface area contributed by atoms with Gasteiger partial charge in [0.15, 0.2) is 0 Å². The van der Waals surface area contributed by atoms with Gasteiger partial charge in [-0.2, -0.15) is 5.10 Å². The Morgan fingerprint density at radius 3 is 2.84 bits per heavy atom. The zero-order chi connectivity index (χ0) is 21.8. The van der Waals surface area contributed by atoms with E-state index in [2.05, 4.69) is 25.5 Å². The molecule has 0 radical (unpaired) electrons. The van der Waals surface area contributed by atoms with Crippen molar-refractivity contribution in [1.29, 1.82) is 0 Å². The third-order valence-corrected chi connectivity index (χ3v) is 5.49. The number of rotatable bonds is 6. The molecule has 1 saturated heterocycles. The molecule has 31 heavy (non-hydrogen) atoms. The van der Waals surface area contributed by atoms with Crippen LogP contribution in [0.5, 0.6) is 0 Å². The molecule has 0 spiro atoms. The lowest BCUT2D eigenvalue weighted by atomic mass is 10.0. The number of amides is 1. The summed E-state index contributed by atoms with van der Waals surface area (Å²) in [5.74, 6) is 0.203. The van der Waals surface area contributed by atoms with Crippen molar-refractivity contribution >= 4 is 11.7 Å². The molecule has 1 aliphatic heterocycles. The highest BCUT2D eigenvalue weighted by Crippen LogP contribution is 2.26. The molecular formula is C22H25FN6O2. The molecule has 1 amide bonds. The number of nitrogens with zero attached hydrogens (tertiary/aromatic N) is 4. The van der Waals surface area contributed by atoms with Gasteiger partial charge in [0, 0.05) is 30.5 Å². The predicted octanol–water partition coefficient (Wildman–Crippen LogP) is 2.82. The summed E-state index contributed by atoms with van der Waals surface area (Å²) < 4.78 is 18.9. The molecule has 1 fully saturated rings. The van der Waals surface area contributed by atoms with Crippen LogP contribution >= 0.6 is 0 Å². The summed E-state index contributed by atoms with van der Waals surface area (Å²) in [5.41, 5.74) is 3.55. The van der Waals surface area contributed by atoms with E-state index in [1.165, 1.54) is 12.1 Å². The number of aromatic nitrogens is 4. The highest BCUT2D eigenvalue weighted by atomic mass is 19.1. The first kappa shape index (κ1) is 20.9. The maximum atomic E-state index is 13.4. The molecule has 1 unspecified atom stereocenters. The first-order valence-corrected chi connectivity index (χ1v) is 10.2. The molecule has 2 aromatic heterocycles. The number of morpholine rings is 1. The van der Waals surface area contributed by atoms with E-state index in [0.717, 1.165) is 28.8 Å². The standard InChI is InChI=1S/C22H25FN6O2/c1-14-15(2)27-21(28-20(14)24-8-7-16-11-25-26-12-16)22(30)29-9-10-31-13-19(29)17-3-5-18(23)6-4-17/h3-6,11-12,19H,7-10,13H2,1-2H3,(H,25,26)(H,24,27,28). The molecule has 162 valence electrons. The summed E-state index contributed by atoms with van der Waals surface area (Å²) in [7, 11) is 0. The number of ether oxygens (including phenoxy) is 1. The fourth-order valence-corrected chi connectivity index (χ4v) is 3.57. The molecule has 8 nitrogen and oxygen atoms in total. The average molecular weight is 424 g/mol. The van der Waals surface area contributed by atoms with Gasteiger partial charge in [-0.05, 0) is 43.5 Å². The van der Waals surface area contributed by atoms with E-state index >= 15 is 0 Å². The first-order chi connectivity index (χ1) is 15.0. The topological polar surface area (TPSA) is 96.0 Å². The minimum Gasteiger partial charge on any atom is -0.377 e. The average Bonchev–Trinajstić information content (AvgIpc) is 3.30. The second-order valence-corrected chi connectivity index (χ2v) is 7.53. The van der Waals surface area contributed by atoms with E-state index in [4.69, 9.17) is 4.74 Å². The van der Waals surface area contributed by atoms with Gasteiger partial charge in [0.2, 0.25) is 5.82 Å². The summed E-state index contributed by atoms with van der Waals surface area (Å²) in [6, 6.07) is 5.82. The number of H-pyrrole nitrogens is 1. The minimum atomic E-state index is -0.318. The Hall–Kier alpha value is -3.33. The van der Waals surface area contributed by atoms with Gasteiger partial charge in [0.1, 0.15) is 11.6 Å². The lowest BCUT2D eigenvalue weighted by Crippen LogP contribution is -2.44. The number of hydrogen-bond donors (Lipinski definition) is 2. The number of aryl methyl sites for hydroxylation is 1. The molecule has 4 rings (SSSR count). The Labute approximate surface area is 179 Å². The van der Waals surface area contributed by atoms with Crippen molar-refractivity contribution in [1.82, 2.24) is 25.1 Å². The molecular weight excluding hydrogens is 399 g/mol. The number of benzene rings is 1. The zero-order valence-electron chi connectivity index (χ0n) is 17.6. The molecule has 0 saturated carbocycles. The lowest BCUT2D eigenvalue weighted by Gasteiger charge is -2.35. The van der Waals surface area contributed by atoms with Gasteiger partial charge in [0.25, 0.3) is 5.91 Å². The van der Waals surface area contributed by atoms with E-state index in [1.54, 1.807) is 23.2 Å². The summed E-state index contributed by atoms with van der Waals surface area (Å²) in [6.07, 6.45) is 4.41. The van der Waals surface area contributed by atoms with Gasteiger partial charge in [-0.15, -0.1) is 0 Å². The van der Waals surface area contributed by atoms with E-state index in [9.17, 15) is 9.18 Å². The number of aromatic amines is 1. The zero-order valence-corrected chi connectivity index (χ0v) is 17.6. The Kier molecular flexibility index (Phi) is 6.22. The third kappa shape index (κ3) is 4.72. The van der Waals surface area contributed by atoms with Crippen molar-refractivity contribution in [3.8, 4) is 0 Å². The molecule has 3 heterocycles. The normalized spacial score (nSPS) is 16.4. The van der Waals surface area contributed by atoms with Crippen molar-refractivity contribution in [2.45, 2.75) is 26.3 Å². The minimum absolute atomic E-state index is 0.142. The molecule has 1 aromatic carbocycles. The molecule has 1 aliphatic rings. The highest BCUT2D eigenvalue weighted by Gasteiger charge is 2.31. The summed E-state index contributed by atoms with van der Waals surface area (Å²) in [6.45, 7) is 5.65. The lowest BCUT2D eigenvalue weighted by molar-refractivity contribution is -0.00336. The van der Waals surface area contributed by atoms with Gasteiger partial charge in [-0.3, -0.25) is 9.89 Å². The van der Waals surface area contributed by atoms with Gasteiger partial charge in [0.05, 0.1) is 25.5 Å². The molecule has 0 aliphatic carbocycles. The summed E-state index contributed by atoms with van der Waals surface area (Å²) in [4.78, 5) is 24.0. The monoisotopic (exact) mass is 424 g/mol. The number of carbonyl (C=O) groups is 1. The van der Waals surface area contributed by atoms with Crippen molar-refractivity contribution in [3.05, 3.63) is 70.7 Å². The van der Waals surface area contributed by atoms with Gasteiger partial charge in [-0.1, -0.05) is 12.1 Å². The fraction of sp³-hybridized carbons (Fsp3) is 0.364. The Balaban J connectivity index is 1.54. The summed E-state index contributed by atoms with van der Waals surface area (Å²) >= 11 is 0. The van der Waals surface area contributed by atoms with E-state index in [-0.39, 0.29) is 23.6 Å². The maximum Gasteiger partial charge on any atom is 0.292 e. The van der Waals surface area contributed by atoms with Gasteiger partial charge in [-0.25, -0.2) is 14.4 Å². The number of anilines is 1. The number of carbonyl (C=O) groups excluding carboxylic acids is 1. The van der Waals surface area contributed by atoms with Crippen LogP contribution in [0.1, 0.15) is 39.0 Å². The Bertz CT molecular complexity index is 1040. The van der Waals surface area contributed by atoms with Crippen LogP contribution in [0.2, 0.25) is 0 Å². The van der Waals surface area contributed by atoms with Crippen molar-refractivity contribution in [2.75, 3.05) is 31.6 Å². The van der Waals surface area contributed by atoms with Crippen LogP contribution in [0.4, 0.5) is 10.2 Å². The highest BCUT2D eigenvalue weighted by molar-refractivity contribution is 5.91. The molecule has 3 aromatic rings.